The Morgan fingerprint density at radius 3 is 2.71 bits per heavy atom. The normalized spacial score (nSPS) is 28.0. The Labute approximate surface area is 182 Å². The van der Waals surface area contributed by atoms with Crippen LogP contribution in [0.4, 0.5) is 9.18 Å². The number of nitrogens with zero attached hydrogens (tertiary/aromatic N) is 4. The molecule has 1 aromatic heterocycles. The number of nitrogens with one attached hydrogen (secondary N) is 1. The maximum Gasteiger partial charge on any atom is 0.317 e. The summed E-state index contributed by atoms with van der Waals surface area (Å²) >= 11 is 0. The quantitative estimate of drug-likeness (QED) is 0.814. The fourth-order valence-electron chi connectivity index (χ4n) is 5.36. The molecule has 8 heteroatoms. The van der Waals surface area contributed by atoms with Crippen LogP contribution in [0.2, 0.25) is 0 Å². The Balaban J connectivity index is 1.23. The number of ether oxygens (including phenoxy) is 1. The van der Waals surface area contributed by atoms with E-state index in [1.54, 1.807) is 12.1 Å². The fourth-order valence-corrected chi connectivity index (χ4v) is 5.36. The first-order valence-corrected chi connectivity index (χ1v) is 11.2. The van der Waals surface area contributed by atoms with E-state index in [0.29, 0.717) is 50.7 Å². The van der Waals surface area contributed by atoms with Gasteiger partial charge in [0, 0.05) is 56.4 Å². The van der Waals surface area contributed by atoms with Crippen molar-refractivity contribution in [2.24, 2.45) is 13.0 Å². The SMILES string of the molecule is Cn1nc(-c2ccc(F)cc2)cc1[C@@H]1CN2CC[C@H]1C[C@@H]2CNC(=O)N1CCOCC1. The summed E-state index contributed by atoms with van der Waals surface area (Å²) < 4.78 is 20.6. The van der Waals surface area contributed by atoms with Gasteiger partial charge in [-0.25, -0.2) is 9.18 Å². The number of hydrogen-bond acceptors (Lipinski definition) is 4. The third kappa shape index (κ3) is 4.19. The molecule has 5 heterocycles. The Bertz CT molecular complexity index is 925. The van der Waals surface area contributed by atoms with Gasteiger partial charge in [-0.05, 0) is 55.6 Å². The number of aromatic nitrogens is 2. The molecular weight excluding hydrogens is 397 g/mol. The molecule has 4 aliphatic heterocycles. The lowest BCUT2D eigenvalue weighted by atomic mass is 9.74. The van der Waals surface area contributed by atoms with Crippen molar-refractivity contribution in [2.75, 3.05) is 45.9 Å². The van der Waals surface area contributed by atoms with Crippen LogP contribution in [0.15, 0.2) is 30.3 Å². The lowest BCUT2D eigenvalue weighted by Gasteiger charge is -2.50. The van der Waals surface area contributed by atoms with Crippen LogP contribution in [0.25, 0.3) is 11.3 Å². The number of fused-ring (bicyclic) bond motifs is 3. The average molecular weight is 428 g/mol. The zero-order chi connectivity index (χ0) is 21.4. The third-order valence-corrected chi connectivity index (χ3v) is 7.10. The molecular formula is C23H30FN5O2. The van der Waals surface area contributed by atoms with Crippen LogP contribution in [0.5, 0.6) is 0 Å². The molecule has 4 saturated heterocycles. The second kappa shape index (κ2) is 8.59. The van der Waals surface area contributed by atoms with Crippen molar-refractivity contribution in [1.29, 1.82) is 0 Å². The van der Waals surface area contributed by atoms with Gasteiger partial charge < -0.3 is 15.0 Å². The van der Waals surface area contributed by atoms with Gasteiger partial charge in [-0.15, -0.1) is 0 Å². The largest absolute Gasteiger partial charge is 0.378 e. The summed E-state index contributed by atoms with van der Waals surface area (Å²) in [5.74, 6) is 0.794. The molecule has 31 heavy (non-hydrogen) atoms. The van der Waals surface area contributed by atoms with Crippen LogP contribution in [0.3, 0.4) is 0 Å². The van der Waals surface area contributed by atoms with E-state index in [1.807, 2.05) is 16.6 Å². The van der Waals surface area contributed by atoms with Gasteiger partial charge in [0.2, 0.25) is 0 Å². The highest BCUT2D eigenvalue weighted by Gasteiger charge is 2.42. The molecule has 2 bridgehead atoms. The van der Waals surface area contributed by atoms with Gasteiger partial charge in [-0.3, -0.25) is 9.58 Å². The maximum absolute atomic E-state index is 13.3. The number of rotatable bonds is 4. The van der Waals surface area contributed by atoms with Gasteiger partial charge in [0.25, 0.3) is 0 Å². The van der Waals surface area contributed by atoms with E-state index in [1.165, 1.54) is 24.2 Å². The van der Waals surface area contributed by atoms with Gasteiger partial charge in [0.15, 0.2) is 0 Å². The summed E-state index contributed by atoms with van der Waals surface area (Å²) in [4.78, 5) is 16.8. The maximum atomic E-state index is 13.3. The molecule has 2 aromatic rings. The Morgan fingerprint density at radius 1 is 1.23 bits per heavy atom. The first-order valence-electron chi connectivity index (χ1n) is 11.2. The lowest BCUT2D eigenvalue weighted by Crippen LogP contribution is -2.57. The number of morpholine rings is 1. The number of urea groups is 1. The molecule has 0 radical (unpaired) electrons. The summed E-state index contributed by atoms with van der Waals surface area (Å²) in [7, 11) is 2.00. The minimum atomic E-state index is -0.232. The van der Waals surface area contributed by atoms with Gasteiger partial charge >= 0.3 is 6.03 Å². The minimum Gasteiger partial charge on any atom is -0.378 e. The number of aryl methyl sites for hydroxylation is 1. The molecule has 1 unspecified atom stereocenters. The number of piperidine rings is 3. The molecule has 4 aliphatic rings. The standard InChI is InChI=1S/C23H30FN5O2/c1-27-22(13-21(26-27)16-2-4-18(24)5-3-16)20-15-29-7-6-17(20)12-19(29)14-25-23(30)28-8-10-31-11-9-28/h2-5,13,17,19-20H,6-12,14-15H2,1H3,(H,25,30)/t17-,19+,20+/m0/s1. The summed E-state index contributed by atoms with van der Waals surface area (Å²) in [5.41, 5.74) is 3.07. The Hall–Kier alpha value is -2.45. The highest BCUT2D eigenvalue weighted by molar-refractivity contribution is 5.74. The minimum absolute atomic E-state index is 0.0260. The second-order valence-electron chi connectivity index (χ2n) is 8.91. The number of hydrogen-bond donors (Lipinski definition) is 1. The van der Waals surface area contributed by atoms with Crippen LogP contribution in [0, 0.1) is 11.7 Å². The van der Waals surface area contributed by atoms with Crippen molar-refractivity contribution in [2.45, 2.75) is 24.8 Å². The summed E-state index contributed by atoms with van der Waals surface area (Å²) in [6.45, 7) is 5.36. The molecule has 0 aliphatic carbocycles. The number of benzene rings is 1. The first-order chi connectivity index (χ1) is 15.1. The van der Waals surface area contributed by atoms with E-state index in [2.05, 4.69) is 16.3 Å². The van der Waals surface area contributed by atoms with E-state index >= 15 is 0 Å². The van der Waals surface area contributed by atoms with E-state index in [-0.39, 0.29) is 11.8 Å². The van der Waals surface area contributed by atoms with Crippen molar-refractivity contribution in [1.82, 2.24) is 24.9 Å². The predicted molar refractivity (Wildman–Crippen MR) is 115 cm³/mol. The smallest absolute Gasteiger partial charge is 0.317 e. The lowest BCUT2D eigenvalue weighted by molar-refractivity contribution is 0.0265. The van der Waals surface area contributed by atoms with Crippen molar-refractivity contribution >= 4 is 6.03 Å². The van der Waals surface area contributed by atoms with Crippen LogP contribution in [-0.2, 0) is 11.8 Å². The van der Waals surface area contributed by atoms with Crippen LogP contribution in [-0.4, -0.2) is 77.6 Å². The van der Waals surface area contributed by atoms with Crippen molar-refractivity contribution in [3.05, 3.63) is 41.8 Å². The summed E-state index contributed by atoms with van der Waals surface area (Å²) in [6.07, 6.45) is 2.26. The average Bonchev–Trinajstić information content (AvgIpc) is 3.20. The molecule has 0 spiro atoms. The van der Waals surface area contributed by atoms with Gasteiger partial charge in [0.05, 0.1) is 18.9 Å². The number of amides is 2. The van der Waals surface area contributed by atoms with Crippen molar-refractivity contribution in [3.63, 3.8) is 0 Å². The zero-order valence-corrected chi connectivity index (χ0v) is 18.0. The monoisotopic (exact) mass is 427 g/mol. The first kappa shape index (κ1) is 20.5. The Kier molecular flexibility index (Phi) is 5.67. The summed E-state index contributed by atoms with van der Waals surface area (Å²) in [5, 5.41) is 7.85. The van der Waals surface area contributed by atoms with E-state index < -0.39 is 0 Å². The number of halogens is 1. The van der Waals surface area contributed by atoms with Crippen molar-refractivity contribution in [3.8, 4) is 11.3 Å². The number of carbonyl (C=O) groups is 1. The molecule has 0 saturated carbocycles. The van der Waals surface area contributed by atoms with Crippen molar-refractivity contribution < 1.29 is 13.9 Å². The zero-order valence-electron chi connectivity index (χ0n) is 18.0. The van der Waals surface area contributed by atoms with Crippen LogP contribution < -0.4 is 5.32 Å². The Morgan fingerprint density at radius 2 is 2.00 bits per heavy atom. The topological polar surface area (TPSA) is 62.6 Å². The molecule has 1 aromatic carbocycles. The van der Waals surface area contributed by atoms with E-state index in [0.717, 1.165) is 30.8 Å². The fraction of sp³-hybridized carbons (Fsp3) is 0.565. The highest BCUT2D eigenvalue weighted by Crippen LogP contribution is 2.42. The van der Waals surface area contributed by atoms with Crippen LogP contribution >= 0.6 is 0 Å². The van der Waals surface area contributed by atoms with E-state index in [9.17, 15) is 9.18 Å². The molecule has 166 valence electrons. The van der Waals surface area contributed by atoms with Crippen LogP contribution in [0.1, 0.15) is 24.5 Å². The summed E-state index contributed by atoms with van der Waals surface area (Å²) in [6, 6.07) is 9.11. The molecule has 2 amide bonds. The molecule has 4 atom stereocenters. The third-order valence-electron chi connectivity index (χ3n) is 7.10. The predicted octanol–water partition coefficient (Wildman–Crippen LogP) is 2.45. The highest BCUT2D eigenvalue weighted by atomic mass is 19.1. The molecule has 6 rings (SSSR count). The van der Waals surface area contributed by atoms with Gasteiger partial charge in [0.1, 0.15) is 5.82 Å². The molecule has 4 fully saturated rings. The molecule has 7 nitrogen and oxygen atoms in total. The van der Waals surface area contributed by atoms with Gasteiger partial charge in [-0.2, -0.15) is 5.10 Å². The van der Waals surface area contributed by atoms with E-state index in [4.69, 9.17) is 9.84 Å². The number of carbonyl (C=O) groups excluding carboxylic acids is 1. The van der Waals surface area contributed by atoms with Gasteiger partial charge in [-0.1, -0.05) is 0 Å². The second-order valence-corrected chi connectivity index (χ2v) is 8.91. The molecule has 1 N–H and O–H groups in total.